The molecule has 1 aliphatic heterocycles. The maximum Gasteiger partial charge on any atom is 0.230 e. The maximum atomic E-state index is 12.0. The second-order valence-electron chi connectivity index (χ2n) is 5.74. The van der Waals surface area contributed by atoms with Crippen LogP contribution in [0.3, 0.4) is 0 Å². The van der Waals surface area contributed by atoms with E-state index >= 15 is 0 Å². The zero-order valence-electron chi connectivity index (χ0n) is 13.7. The van der Waals surface area contributed by atoms with Gasteiger partial charge in [0.15, 0.2) is 11.5 Å². The normalized spacial score (nSPS) is 16.0. The van der Waals surface area contributed by atoms with Crippen molar-refractivity contribution in [3.63, 3.8) is 0 Å². The van der Waals surface area contributed by atoms with Gasteiger partial charge in [-0.15, -0.1) is 11.8 Å². The molecule has 1 N–H and O–H groups in total. The van der Waals surface area contributed by atoms with Gasteiger partial charge in [-0.2, -0.15) is 0 Å². The monoisotopic (exact) mass is 343 g/mol. The minimum Gasteiger partial charge on any atom is -0.493 e. The summed E-state index contributed by atoms with van der Waals surface area (Å²) in [6, 6.07) is 15.9. The number of nitrogens with one attached hydrogen (secondary N) is 1. The number of carbonyl (C=O) groups excluding carboxylic acids is 1. The predicted octanol–water partition coefficient (Wildman–Crippen LogP) is 3.15. The van der Waals surface area contributed by atoms with Crippen LogP contribution in [0.2, 0.25) is 0 Å². The average molecular weight is 343 g/mol. The molecule has 1 aliphatic rings. The lowest BCUT2D eigenvalue weighted by Gasteiger charge is -2.26. The van der Waals surface area contributed by atoms with Crippen molar-refractivity contribution in [3.05, 3.63) is 54.1 Å². The van der Waals surface area contributed by atoms with E-state index in [1.165, 1.54) is 0 Å². The number of fused-ring (bicyclic) bond motifs is 1. The second kappa shape index (κ2) is 8.11. The fraction of sp³-hybridized carbons (Fsp3) is 0.316. The third-order valence-corrected chi connectivity index (χ3v) is 4.97. The lowest BCUT2D eigenvalue weighted by Crippen LogP contribution is -2.35. The zero-order chi connectivity index (χ0) is 16.8. The van der Waals surface area contributed by atoms with E-state index in [9.17, 15) is 4.79 Å². The van der Waals surface area contributed by atoms with Crippen molar-refractivity contribution in [1.29, 1.82) is 0 Å². The molecular weight excluding hydrogens is 322 g/mol. The quantitative estimate of drug-likeness (QED) is 0.819. The summed E-state index contributed by atoms with van der Waals surface area (Å²) in [6.45, 7) is 1.23. The molecule has 126 valence electrons. The topological polar surface area (TPSA) is 47.6 Å². The lowest BCUT2D eigenvalue weighted by atomic mass is 9.96. The molecule has 2 aromatic rings. The standard InChI is InChI=1S/C19H21NO3S/c1-22-17-9-5-6-15-10-14(12-23-19(15)17)11-20-18(21)13-24-16-7-3-2-4-8-16/h2-9,14H,10-13H2,1H3,(H,20,21). The molecule has 0 fully saturated rings. The summed E-state index contributed by atoms with van der Waals surface area (Å²) in [6.07, 6.45) is 0.888. The van der Waals surface area contributed by atoms with Gasteiger partial charge in [0.25, 0.3) is 0 Å². The third-order valence-electron chi connectivity index (χ3n) is 3.95. The van der Waals surface area contributed by atoms with Gasteiger partial charge < -0.3 is 14.8 Å². The van der Waals surface area contributed by atoms with Gasteiger partial charge in [0.2, 0.25) is 5.91 Å². The Hall–Kier alpha value is -2.14. The van der Waals surface area contributed by atoms with E-state index in [1.807, 2.05) is 42.5 Å². The zero-order valence-corrected chi connectivity index (χ0v) is 14.5. The van der Waals surface area contributed by atoms with Crippen molar-refractivity contribution in [2.45, 2.75) is 11.3 Å². The van der Waals surface area contributed by atoms with Crippen LogP contribution in [0.1, 0.15) is 5.56 Å². The summed E-state index contributed by atoms with van der Waals surface area (Å²) in [5, 5.41) is 3.01. The Balaban J connectivity index is 1.46. The number of para-hydroxylation sites is 1. The fourth-order valence-electron chi connectivity index (χ4n) is 2.72. The Morgan fingerprint density at radius 3 is 2.88 bits per heavy atom. The highest BCUT2D eigenvalue weighted by Crippen LogP contribution is 2.35. The number of hydrogen-bond acceptors (Lipinski definition) is 4. The minimum absolute atomic E-state index is 0.0558. The summed E-state index contributed by atoms with van der Waals surface area (Å²) in [5.41, 5.74) is 1.14. The molecule has 0 radical (unpaired) electrons. The van der Waals surface area contributed by atoms with Crippen molar-refractivity contribution < 1.29 is 14.3 Å². The molecule has 0 aromatic heterocycles. The summed E-state index contributed by atoms with van der Waals surface area (Å²) in [4.78, 5) is 13.1. The van der Waals surface area contributed by atoms with E-state index in [1.54, 1.807) is 18.9 Å². The highest BCUT2D eigenvalue weighted by Gasteiger charge is 2.22. The van der Waals surface area contributed by atoms with E-state index < -0.39 is 0 Å². The first kappa shape index (κ1) is 16.7. The lowest BCUT2D eigenvalue weighted by molar-refractivity contribution is -0.118. The Bertz CT molecular complexity index is 690. The van der Waals surface area contributed by atoms with Gasteiger partial charge in [-0.1, -0.05) is 30.3 Å². The van der Waals surface area contributed by atoms with Crippen LogP contribution in [0, 0.1) is 5.92 Å². The Morgan fingerprint density at radius 2 is 2.08 bits per heavy atom. The molecule has 1 unspecified atom stereocenters. The molecule has 24 heavy (non-hydrogen) atoms. The number of hydrogen-bond donors (Lipinski definition) is 1. The number of amides is 1. The van der Waals surface area contributed by atoms with E-state index in [2.05, 4.69) is 11.4 Å². The van der Waals surface area contributed by atoms with Gasteiger partial charge >= 0.3 is 0 Å². The Kier molecular flexibility index (Phi) is 5.64. The van der Waals surface area contributed by atoms with Gasteiger partial charge in [-0.3, -0.25) is 4.79 Å². The van der Waals surface area contributed by atoms with Gasteiger partial charge in [0.05, 0.1) is 19.5 Å². The van der Waals surface area contributed by atoms with Crippen molar-refractivity contribution >= 4 is 17.7 Å². The number of carbonyl (C=O) groups is 1. The molecule has 0 bridgehead atoms. The highest BCUT2D eigenvalue weighted by molar-refractivity contribution is 8.00. The average Bonchev–Trinajstić information content (AvgIpc) is 2.64. The molecule has 1 heterocycles. The van der Waals surface area contributed by atoms with E-state index in [0.29, 0.717) is 18.9 Å². The molecule has 5 heteroatoms. The van der Waals surface area contributed by atoms with Crippen molar-refractivity contribution in [2.24, 2.45) is 5.92 Å². The van der Waals surface area contributed by atoms with Gasteiger partial charge in [-0.25, -0.2) is 0 Å². The van der Waals surface area contributed by atoms with Crippen LogP contribution in [-0.2, 0) is 11.2 Å². The predicted molar refractivity (Wildman–Crippen MR) is 95.9 cm³/mol. The van der Waals surface area contributed by atoms with Gasteiger partial charge in [-0.05, 0) is 30.2 Å². The number of thioether (sulfide) groups is 1. The SMILES string of the molecule is COc1cccc2c1OCC(CNC(=O)CSc1ccccc1)C2. The van der Waals surface area contributed by atoms with Crippen LogP contribution in [0.25, 0.3) is 0 Å². The van der Waals surface area contributed by atoms with Crippen LogP contribution >= 0.6 is 11.8 Å². The molecule has 0 aliphatic carbocycles. The van der Waals surface area contributed by atoms with Gasteiger partial charge in [0.1, 0.15) is 0 Å². The first-order chi connectivity index (χ1) is 11.8. The Morgan fingerprint density at radius 1 is 1.25 bits per heavy atom. The number of ether oxygens (including phenoxy) is 2. The Labute approximate surface area is 146 Å². The highest BCUT2D eigenvalue weighted by atomic mass is 32.2. The summed E-state index contributed by atoms with van der Waals surface area (Å²) >= 11 is 1.55. The number of benzene rings is 2. The third kappa shape index (κ3) is 4.23. The smallest absolute Gasteiger partial charge is 0.230 e. The molecule has 3 rings (SSSR count). The molecule has 1 amide bonds. The van der Waals surface area contributed by atoms with E-state index in [4.69, 9.17) is 9.47 Å². The van der Waals surface area contributed by atoms with Crippen LogP contribution in [-0.4, -0.2) is 31.9 Å². The first-order valence-corrected chi connectivity index (χ1v) is 8.98. The summed E-state index contributed by atoms with van der Waals surface area (Å²) in [5.74, 6) is 2.38. The van der Waals surface area contributed by atoms with Crippen LogP contribution < -0.4 is 14.8 Å². The van der Waals surface area contributed by atoms with Crippen LogP contribution in [0.5, 0.6) is 11.5 Å². The largest absolute Gasteiger partial charge is 0.493 e. The molecule has 0 spiro atoms. The number of rotatable bonds is 6. The van der Waals surface area contributed by atoms with E-state index in [-0.39, 0.29) is 11.8 Å². The molecule has 0 saturated heterocycles. The molecule has 1 atom stereocenters. The summed E-state index contributed by atoms with van der Waals surface area (Å²) < 4.78 is 11.2. The fourth-order valence-corrected chi connectivity index (χ4v) is 3.47. The van der Waals surface area contributed by atoms with Crippen molar-refractivity contribution in [2.75, 3.05) is 26.0 Å². The molecule has 0 saturated carbocycles. The van der Waals surface area contributed by atoms with Crippen molar-refractivity contribution in [1.82, 2.24) is 5.32 Å². The molecule has 2 aromatic carbocycles. The van der Waals surface area contributed by atoms with Gasteiger partial charge in [0, 0.05) is 17.4 Å². The molecular formula is C19H21NO3S. The van der Waals surface area contributed by atoms with Crippen LogP contribution in [0.15, 0.2) is 53.4 Å². The molecule has 4 nitrogen and oxygen atoms in total. The van der Waals surface area contributed by atoms with Crippen LogP contribution in [0.4, 0.5) is 0 Å². The number of methoxy groups -OCH3 is 1. The first-order valence-electron chi connectivity index (χ1n) is 7.99. The second-order valence-corrected chi connectivity index (χ2v) is 6.78. The van der Waals surface area contributed by atoms with Crippen molar-refractivity contribution in [3.8, 4) is 11.5 Å². The minimum atomic E-state index is 0.0558. The maximum absolute atomic E-state index is 12.0. The summed E-state index contributed by atoms with van der Waals surface area (Å²) in [7, 11) is 1.65. The van der Waals surface area contributed by atoms with E-state index in [0.717, 1.165) is 28.4 Å².